The van der Waals surface area contributed by atoms with Crippen molar-refractivity contribution < 1.29 is 17.9 Å². The van der Waals surface area contributed by atoms with Crippen LogP contribution >= 0.6 is 0 Å². The molecule has 1 aliphatic rings. The van der Waals surface area contributed by atoms with E-state index in [9.17, 15) is 13.2 Å². The van der Waals surface area contributed by atoms with Gasteiger partial charge in [0, 0.05) is 25.8 Å². The van der Waals surface area contributed by atoms with E-state index >= 15 is 0 Å². The van der Waals surface area contributed by atoms with Crippen molar-refractivity contribution in [2.75, 3.05) is 19.7 Å². The first-order valence-electron chi connectivity index (χ1n) is 7.44. The Labute approximate surface area is 132 Å². The minimum absolute atomic E-state index is 0.200. The van der Waals surface area contributed by atoms with Gasteiger partial charge in [0.25, 0.3) is 0 Å². The largest absolute Gasteiger partial charge is 0.416 e. The number of hydrogen-bond acceptors (Lipinski definition) is 3. The van der Waals surface area contributed by atoms with Gasteiger partial charge in [0.2, 0.25) is 0 Å². The van der Waals surface area contributed by atoms with Gasteiger partial charge in [0.15, 0.2) is 0 Å². The Morgan fingerprint density at radius 1 is 1.13 bits per heavy atom. The van der Waals surface area contributed by atoms with E-state index in [4.69, 9.17) is 4.74 Å². The molecule has 0 unspecified atom stereocenters. The Morgan fingerprint density at radius 2 is 1.91 bits per heavy atom. The number of rotatable bonds is 3. The third-order valence-electron chi connectivity index (χ3n) is 3.88. The maximum atomic E-state index is 13.2. The van der Waals surface area contributed by atoms with Crippen molar-refractivity contribution in [2.45, 2.75) is 18.8 Å². The van der Waals surface area contributed by atoms with Crippen molar-refractivity contribution in [3.05, 3.63) is 65.5 Å². The summed E-state index contributed by atoms with van der Waals surface area (Å²) in [5.74, 6) is 0. The predicted molar refractivity (Wildman–Crippen MR) is 79.7 cm³/mol. The molecule has 0 spiro atoms. The molecule has 3 nitrogen and oxygen atoms in total. The van der Waals surface area contributed by atoms with E-state index in [1.54, 1.807) is 12.3 Å². The standard InChI is InChI=1S/C17H17F3N2O/c18-17(19,20)15-7-2-1-6-14(15)16-12-22(9-10-23-16)11-13-5-3-4-8-21-13/h1-8,16H,9-12H2/t16-/m1/s1. The van der Waals surface area contributed by atoms with Crippen LogP contribution in [-0.4, -0.2) is 29.6 Å². The molecule has 2 aromatic rings. The summed E-state index contributed by atoms with van der Waals surface area (Å²) in [6.07, 6.45) is -3.24. The van der Waals surface area contributed by atoms with Crippen LogP contribution in [0.2, 0.25) is 0 Å². The summed E-state index contributed by atoms with van der Waals surface area (Å²) in [5, 5.41) is 0. The van der Waals surface area contributed by atoms with Crippen LogP contribution in [0.25, 0.3) is 0 Å². The smallest absolute Gasteiger partial charge is 0.371 e. The zero-order chi connectivity index (χ0) is 16.3. The molecule has 122 valence electrons. The van der Waals surface area contributed by atoms with Gasteiger partial charge in [-0.05, 0) is 23.8 Å². The van der Waals surface area contributed by atoms with E-state index in [1.807, 2.05) is 18.2 Å². The molecular formula is C17H17F3N2O. The van der Waals surface area contributed by atoms with E-state index in [-0.39, 0.29) is 5.56 Å². The molecule has 2 heterocycles. The number of ether oxygens (including phenoxy) is 1. The Hall–Kier alpha value is -1.92. The molecule has 0 amide bonds. The molecule has 6 heteroatoms. The summed E-state index contributed by atoms with van der Waals surface area (Å²) in [7, 11) is 0. The van der Waals surface area contributed by atoms with Gasteiger partial charge >= 0.3 is 6.18 Å². The van der Waals surface area contributed by atoms with Crippen LogP contribution in [0.3, 0.4) is 0 Å². The summed E-state index contributed by atoms with van der Waals surface area (Å²) in [5.41, 5.74) is 0.479. The number of hydrogen-bond donors (Lipinski definition) is 0. The highest BCUT2D eigenvalue weighted by molar-refractivity contribution is 5.32. The number of alkyl halides is 3. The number of pyridine rings is 1. The lowest BCUT2D eigenvalue weighted by atomic mass is 10.0. The Morgan fingerprint density at radius 3 is 2.65 bits per heavy atom. The van der Waals surface area contributed by atoms with E-state index in [0.717, 1.165) is 11.8 Å². The molecule has 1 aromatic heterocycles. The maximum Gasteiger partial charge on any atom is 0.416 e. The fourth-order valence-electron chi connectivity index (χ4n) is 2.79. The van der Waals surface area contributed by atoms with Crippen LogP contribution < -0.4 is 0 Å². The molecule has 23 heavy (non-hydrogen) atoms. The van der Waals surface area contributed by atoms with Gasteiger partial charge in [-0.1, -0.05) is 24.3 Å². The van der Waals surface area contributed by atoms with Gasteiger partial charge in [-0.2, -0.15) is 13.2 Å². The molecule has 1 aromatic carbocycles. The second-order valence-electron chi connectivity index (χ2n) is 5.50. The van der Waals surface area contributed by atoms with Crippen LogP contribution in [0.1, 0.15) is 22.9 Å². The minimum Gasteiger partial charge on any atom is -0.371 e. The molecule has 0 saturated carbocycles. The molecule has 3 rings (SSSR count). The van der Waals surface area contributed by atoms with Gasteiger partial charge in [-0.15, -0.1) is 0 Å². The van der Waals surface area contributed by atoms with Gasteiger partial charge in [-0.3, -0.25) is 9.88 Å². The van der Waals surface area contributed by atoms with Crippen molar-refractivity contribution in [1.29, 1.82) is 0 Å². The Kier molecular flexibility index (Phi) is 4.63. The first-order chi connectivity index (χ1) is 11.0. The van der Waals surface area contributed by atoms with Gasteiger partial charge in [-0.25, -0.2) is 0 Å². The van der Waals surface area contributed by atoms with Gasteiger partial charge in [0.1, 0.15) is 0 Å². The SMILES string of the molecule is FC(F)(F)c1ccccc1[C@H]1CN(Cc2ccccn2)CCO1. The molecule has 1 aliphatic heterocycles. The highest BCUT2D eigenvalue weighted by Crippen LogP contribution is 2.36. The monoisotopic (exact) mass is 322 g/mol. The van der Waals surface area contributed by atoms with E-state index in [1.165, 1.54) is 12.1 Å². The average molecular weight is 322 g/mol. The summed E-state index contributed by atoms with van der Waals surface area (Å²) in [6.45, 7) is 2.11. The van der Waals surface area contributed by atoms with Crippen LogP contribution in [0.4, 0.5) is 13.2 Å². The molecule has 0 aliphatic carbocycles. The molecule has 1 atom stereocenters. The highest BCUT2D eigenvalue weighted by atomic mass is 19.4. The first-order valence-corrected chi connectivity index (χ1v) is 7.44. The lowest BCUT2D eigenvalue weighted by Gasteiger charge is -2.34. The third kappa shape index (κ3) is 3.89. The number of morpholine rings is 1. The van der Waals surface area contributed by atoms with Gasteiger partial charge < -0.3 is 4.74 Å². The van der Waals surface area contributed by atoms with Crippen molar-refractivity contribution >= 4 is 0 Å². The van der Waals surface area contributed by atoms with E-state index < -0.39 is 17.8 Å². The van der Waals surface area contributed by atoms with Crippen LogP contribution in [0.5, 0.6) is 0 Å². The normalized spacial score (nSPS) is 19.7. The Bertz CT molecular complexity index is 646. The fraction of sp³-hybridized carbons (Fsp3) is 0.353. The topological polar surface area (TPSA) is 25.4 Å². The second kappa shape index (κ2) is 6.68. The highest BCUT2D eigenvalue weighted by Gasteiger charge is 2.36. The molecule has 0 N–H and O–H groups in total. The summed E-state index contributed by atoms with van der Waals surface area (Å²) >= 11 is 0. The lowest BCUT2D eigenvalue weighted by molar-refractivity contribution is -0.140. The van der Waals surface area contributed by atoms with E-state index in [0.29, 0.717) is 26.2 Å². The molecule has 1 fully saturated rings. The zero-order valence-corrected chi connectivity index (χ0v) is 12.5. The quantitative estimate of drug-likeness (QED) is 0.862. The van der Waals surface area contributed by atoms with Crippen molar-refractivity contribution in [3.63, 3.8) is 0 Å². The number of nitrogens with zero attached hydrogens (tertiary/aromatic N) is 2. The van der Waals surface area contributed by atoms with Crippen LogP contribution in [0, 0.1) is 0 Å². The predicted octanol–water partition coefficient (Wildman–Crippen LogP) is 3.67. The summed E-state index contributed by atoms with van der Waals surface area (Å²) in [6, 6.07) is 11.3. The average Bonchev–Trinajstić information content (AvgIpc) is 2.55. The number of halogens is 3. The summed E-state index contributed by atoms with van der Waals surface area (Å²) < 4.78 is 45.1. The minimum atomic E-state index is -4.37. The van der Waals surface area contributed by atoms with E-state index in [2.05, 4.69) is 9.88 Å². The van der Waals surface area contributed by atoms with Crippen molar-refractivity contribution in [3.8, 4) is 0 Å². The summed E-state index contributed by atoms with van der Waals surface area (Å²) in [4.78, 5) is 6.34. The zero-order valence-electron chi connectivity index (χ0n) is 12.5. The fourth-order valence-corrected chi connectivity index (χ4v) is 2.79. The molecular weight excluding hydrogens is 305 g/mol. The van der Waals surface area contributed by atoms with Crippen LogP contribution in [0.15, 0.2) is 48.7 Å². The second-order valence-corrected chi connectivity index (χ2v) is 5.50. The number of aromatic nitrogens is 1. The Balaban J connectivity index is 1.77. The van der Waals surface area contributed by atoms with Crippen molar-refractivity contribution in [1.82, 2.24) is 9.88 Å². The first kappa shape index (κ1) is 16.0. The molecule has 0 radical (unpaired) electrons. The molecule has 1 saturated heterocycles. The maximum absolute atomic E-state index is 13.2. The van der Waals surface area contributed by atoms with Gasteiger partial charge in [0.05, 0.1) is 24.0 Å². The third-order valence-corrected chi connectivity index (χ3v) is 3.88. The molecule has 0 bridgehead atoms. The lowest BCUT2D eigenvalue weighted by Crippen LogP contribution is -2.38. The van der Waals surface area contributed by atoms with Crippen LogP contribution in [-0.2, 0) is 17.5 Å². The number of benzene rings is 1. The van der Waals surface area contributed by atoms with Crippen molar-refractivity contribution in [2.24, 2.45) is 0 Å².